The van der Waals surface area contributed by atoms with Crippen molar-refractivity contribution in [2.45, 2.75) is 13.3 Å². The quantitative estimate of drug-likeness (QED) is 0.489. The monoisotopic (exact) mass is 306 g/mol. The fraction of sp³-hybridized carbons (Fsp3) is 0.300. The van der Waals surface area contributed by atoms with Crippen molar-refractivity contribution in [3.63, 3.8) is 0 Å². The van der Waals surface area contributed by atoms with Crippen LogP contribution in [0.4, 0.5) is 0 Å². The molecule has 0 spiro atoms. The van der Waals surface area contributed by atoms with Gasteiger partial charge in [0.1, 0.15) is 0 Å². The number of methoxy groups -OCH3 is 1. The van der Waals surface area contributed by atoms with Gasteiger partial charge < -0.3 is 9.47 Å². The van der Waals surface area contributed by atoms with Gasteiger partial charge in [0.25, 0.3) is 0 Å². The van der Waals surface area contributed by atoms with E-state index in [0.29, 0.717) is 17.9 Å². The normalized spacial score (nSPS) is 9.64. The van der Waals surface area contributed by atoms with Gasteiger partial charge in [-0.3, -0.25) is 4.79 Å². The highest BCUT2D eigenvalue weighted by Crippen LogP contribution is 2.28. The van der Waals surface area contributed by atoms with E-state index in [1.165, 1.54) is 0 Å². The zero-order valence-electron chi connectivity index (χ0n) is 8.04. The van der Waals surface area contributed by atoms with Crippen molar-refractivity contribution in [3.8, 4) is 11.5 Å². The summed E-state index contributed by atoms with van der Waals surface area (Å²) < 4.78 is 11.2. The Morgan fingerprint density at radius 2 is 2.14 bits per heavy atom. The second-order valence-corrected chi connectivity index (χ2v) is 3.87. The minimum atomic E-state index is -0.259. The van der Waals surface area contributed by atoms with E-state index in [0.717, 1.165) is 3.57 Å². The lowest BCUT2D eigenvalue weighted by Gasteiger charge is -2.08. The molecule has 0 aliphatic heterocycles. The summed E-state index contributed by atoms with van der Waals surface area (Å²) in [4.78, 5) is 11.1. The van der Waals surface area contributed by atoms with Gasteiger partial charge in [0.2, 0.25) is 0 Å². The maximum atomic E-state index is 11.1. The van der Waals surface area contributed by atoms with Crippen molar-refractivity contribution in [2.75, 3.05) is 7.11 Å². The molecule has 4 heteroatoms. The summed E-state index contributed by atoms with van der Waals surface area (Å²) >= 11 is 2.15. The maximum Gasteiger partial charge on any atom is 0.311 e. The van der Waals surface area contributed by atoms with Crippen LogP contribution in [0.5, 0.6) is 11.5 Å². The van der Waals surface area contributed by atoms with Crippen molar-refractivity contribution < 1.29 is 14.3 Å². The molecule has 0 fully saturated rings. The van der Waals surface area contributed by atoms with E-state index >= 15 is 0 Å². The van der Waals surface area contributed by atoms with Crippen molar-refractivity contribution >= 4 is 28.6 Å². The smallest absolute Gasteiger partial charge is 0.311 e. The lowest BCUT2D eigenvalue weighted by molar-refractivity contribution is -0.134. The van der Waals surface area contributed by atoms with Gasteiger partial charge in [0.05, 0.1) is 7.11 Å². The van der Waals surface area contributed by atoms with Crippen LogP contribution in [0.15, 0.2) is 18.2 Å². The van der Waals surface area contributed by atoms with Crippen molar-refractivity contribution in [3.05, 3.63) is 21.8 Å². The molecule has 0 N–H and O–H groups in total. The third-order valence-corrected chi connectivity index (χ3v) is 2.31. The van der Waals surface area contributed by atoms with Crippen LogP contribution in [0.2, 0.25) is 0 Å². The predicted octanol–water partition coefficient (Wildman–Crippen LogP) is 2.62. The standard InChI is InChI=1S/C10H11IO3/c1-3-10(12)14-9-6-7(11)4-5-8(9)13-2/h4-6H,3H2,1-2H3. The summed E-state index contributed by atoms with van der Waals surface area (Å²) in [5.74, 6) is 0.795. The average Bonchev–Trinajstić information content (AvgIpc) is 2.18. The van der Waals surface area contributed by atoms with Crippen molar-refractivity contribution in [1.29, 1.82) is 0 Å². The topological polar surface area (TPSA) is 35.5 Å². The molecule has 3 nitrogen and oxygen atoms in total. The predicted molar refractivity (Wildman–Crippen MR) is 61.6 cm³/mol. The molecule has 0 aliphatic carbocycles. The molecule has 0 saturated carbocycles. The van der Waals surface area contributed by atoms with Gasteiger partial charge in [-0.2, -0.15) is 0 Å². The molecule has 0 aliphatic rings. The Morgan fingerprint density at radius 3 is 2.71 bits per heavy atom. The second kappa shape index (κ2) is 5.19. The second-order valence-electron chi connectivity index (χ2n) is 2.62. The first-order valence-corrected chi connectivity index (χ1v) is 5.29. The van der Waals surface area contributed by atoms with Crippen LogP contribution in [0, 0.1) is 3.57 Å². The van der Waals surface area contributed by atoms with Crippen LogP contribution >= 0.6 is 22.6 Å². The highest BCUT2D eigenvalue weighted by atomic mass is 127. The largest absolute Gasteiger partial charge is 0.493 e. The zero-order chi connectivity index (χ0) is 10.6. The van der Waals surface area contributed by atoms with Crippen LogP contribution in [0.25, 0.3) is 0 Å². The molecule has 1 rings (SSSR count). The SMILES string of the molecule is CCC(=O)Oc1cc(I)ccc1OC. The van der Waals surface area contributed by atoms with E-state index in [1.807, 2.05) is 6.07 Å². The maximum absolute atomic E-state index is 11.1. The highest BCUT2D eigenvalue weighted by molar-refractivity contribution is 14.1. The molecule has 0 radical (unpaired) electrons. The number of carbonyl (C=O) groups is 1. The third-order valence-electron chi connectivity index (χ3n) is 1.64. The van der Waals surface area contributed by atoms with Gasteiger partial charge >= 0.3 is 5.97 Å². The molecule has 0 atom stereocenters. The van der Waals surface area contributed by atoms with Gasteiger partial charge in [-0.1, -0.05) is 6.92 Å². The summed E-state index contributed by atoms with van der Waals surface area (Å²) in [7, 11) is 1.55. The number of halogens is 1. The molecular weight excluding hydrogens is 295 g/mol. The Kier molecular flexibility index (Phi) is 4.19. The number of ether oxygens (including phenoxy) is 2. The minimum absolute atomic E-state index is 0.259. The third kappa shape index (κ3) is 2.87. The van der Waals surface area contributed by atoms with E-state index in [4.69, 9.17) is 9.47 Å². The number of benzene rings is 1. The lowest BCUT2D eigenvalue weighted by atomic mass is 10.3. The van der Waals surface area contributed by atoms with Gasteiger partial charge in [0.15, 0.2) is 11.5 Å². The van der Waals surface area contributed by atoms with Crippen LogP contribution in [0.1, 0.15) is 13.3 Å². The molecule has 0 amide bonds. The molecule has 76 valence electrons. The van der Waals surface area contributed by atoms with Crippen LogP contribution in [-0.2, 0) is 4.79 Å². The zero-order valence-corrected chi connectivity index (χ0v) is 10.2. The van der Waals surface area contributed by atoms with E-state index in [2.05, 4.69) is 22.6 Å². The number of carbonyl (C=O) groups excluding carboxylic acids is 1. The van der Waals surface area contributed by atoms with Crippen molar-refractivity contribution in [2.24, 2.45) is 0 Å². The average molecular weight is 306 g/mol. The Balaban J connectivity index is 2.93. The number of hydrogen-bond acceptors (Lipinski definition) is 3. The summed E-state index contributed by atoms with van der Waals surface area (Å²) in [5, 5.41) is 0. The number of hydrogen-bond donors (Lipinski definition) is 0. The van der Waals surface area contributed by atoms with Gasteiger partial charge in [0, 0.05) is 9.99 Å². The fourth-order valence-corrected chi connectivity index (χ4v) is 1.39. The van der Waals surface area contributed by atoms with E-state index in [9.17, 15) is 4.79 Å². The first kappa shape index (κ1) is 11.3. The van der Waals surface area contributed by atoms with Crippen LogP contribution in [0.3, 0.4) is 0 Å². The Bertz CT molecular complexity index is 336. The summed E-state index contributed by atoms with van der Waals surface area (Å²) in [6, 6.07) is 5.44. The minimum Gasteiger partial charge on any atom is -0.493 e. The van der Waals surface area contributed by atoms with E-state index in [1.54, 1.807) is 26.2 Å². The fourth-order valence-electron chi connectivity index (χ4n) is 0.925. The first-order valence-electron chi connectivity index (χ1n) is 4.21. The molecular formula is C10H11IO3. The van der Waals surface area contributed by atoms with E-state index in [-0.39, 0.29) is 5.97 Å². The van der Waals surface area contributed by atoms with Crippen LogP contribution < -0.4 is 9.47 Å². The highest BCUT2D eigenvalue weighted by Gasteiger charge is 2.08. The summed E-state index contributed by atoms with van der Waals surface area (Å²) in [6.07, 6.45) is 0.356. The molecule has 0 saturated heterocycles. The lowest BCUT2D eigenvalue weighted by Crippen LogP contribution is -2.06. The van der Waals surface area contributed by atoms with Gasteiger partial charge in [-0.05, 0) is 40.8 Å². The number of esters is 1. The molecule has 0 unspecified atom stereocenters. The molecule has 1 aromatic rings. The molecule has 14 heavy (non-hydrogen) atoms. The van der Waals surface area contributed by atoms with Crippen LogP contribution in [-0.4, -0.2) is 13.1 Å². The Labute approximate surface area is 96.5 Å². The molecule has 0 aromatic heterocycles. The summed E-state index contributed by atoms with van der Waals surface area (Å²) in [5.41, 5.74) is 0. The Morgan fingerprint density at radius 1 is 1.43 bits per heavy atom. The first-order chi connectivity index (χ1) is 6.67. The molecule has 0 heterocycles. The van der Waals surface area contributed by atoms with Gasteiger partial charge in [-0.25, -0.2) is 0 Å². The summed E-state index contributed by atoms with van der Waals surface area (Å²) in [6.45, 7) is 1.75. The van der Waals surface area contributed by atoms with E-state index < -0.39 is 0 Å². The van der Waals surface area contributed by atoms with Crippen molar-refractivity contribution in [1.82, 2.24) is 0 Å². The Hall–Kier alpha value is -0.780. The van der Waals surface area contributed by atoms with Gasteiger partial charge in [-0.15, -0.1) is 0 Å². The molecule has 0 bridgehead atoms. The molecule has 1 aromatic carbocycles. The number of rotatable bonds is 3.